The first-order chi connectivity index (χ1) is 11.5. The van der Waals surface area contributed by atoms with E-state index in [0.717, 1.165) is 39.1 Å². The summed E-state index contributed by atoms with van der Waals surface area (Å²) >= 11 is 0. The number of esters is 1. The van der Waals surface area contributed by atoms with Gasteiger partial charge in [0, 0.05) is 38.6 Å². The number of hydrogen-bond acceptors (Lipinski definition) is 4. The molecule has 0 amide bonds. The summed E-state index contributed by atoms with van der Waals surface area (Å²) in [7, 11) is 2.17. The van der Waals surface area contributed by atoms with Gasteiger partial charge in [-0.1, -0.05) is 31.9 Å². The Morgan fingerprint density at radius 2 is 2.04 bits per heavy atom. The highest BCUT2D eigenvalue weighted by atomic mass is 16.6. The molecule has 2 heterocycles. The summed E-state index contributed by atoms with van der Waals surface area (Å²) < 4.78 is 5.87. The van der Waals surface area contributed by atoms with Crippen LogP contribution in [-0.2, 0) is 9.53 Å². The summed E-state index contributed by atoms with van der Waals surface area (Å²) in [5.41, 5.74) is 1.89. The average molecular weight is 332 g/mol. The van der Waals surface area contributed by atoms with Crippen molar-refractivity contribution in [1.29, 1.82) is 0 Å². The van der Waals surface area contributed by atoms with Crippen LogP contribution >= 0.6 is 0 Å². The number of allylic oxidation sites excluding steroid dienone is 1. The molecule has 0 aromatic carbocycles. The standard InChI is InChI=1S/C20H32N2O2/c1-14-5-4-6-20(2)12-18-15(11-17(14)20)16(19(23)24-18)13-22-9-7-21(3)8-10-22/h11,14-16,18H,4-10,12-13H2,1-3H3/t14-,15+,16?,18+,20+/m0/s1. The number of ether oxygens (including phenoxy) is 1. The second-order valence-corrected chi connectivity index (χ2v) is 8.94. The van der Waals surface area contributed by atoms with E-state index in [2.05, 4.69) is 36.8 Å². The summed E-state index contributed by atoms with van der Waals surface area (Å²) in [5.74, 6) is 1.07. The van der Waals surface area contributed by atoms with Gasteiger partial charge in [-0.15, -0.1) is 0 Å². The first-order valence-corrected chi connectivity index (χ1v) is 9.80. The molecule has 24 heavy (non-hydrogen) atoms. The van der Waals surface area contributed by atoms with Crippen molar-refractivity contribution in [3.8, 4) is 0 Å². The molecule has 2 aliphatic carbocycles. The molecule has 1 saturated carbocycles. The molecule has 4 nitrogen and oxygen atoms in total. The number of piperazine rings is 1. The van der Waals surface area contributed by atoms with E-state index < -0.39 is 0 Å². The number of fused-ring (bicyclic) bond motifs is 2. The number of likely N-dealkylation sites (N-methyl/N-ethyl adjacent to an activating group) is 1. The van der Waals surface area contributed by atoms with Crippen molar-refractivity contribution in [2.75, 3.05) is 39.8 Å². The summed E-state index contributed by atoms with van der Waals surface area (Å²) in [6.07, 6.45) is 7.51. The first-order valence-electron chi connectivity index (χ1n) is 9.80. The molecule has 0 aromatic heterocycles. The van der Waals surface area contributed by atoms with E-state index >= 15 is 0 Å². The largest absolute Gasteiger partial charge is 0.461 e. The highest BCUT2D eigenvalue weighted by Gasteiger charge is 2.51. The fourth-order valence-electron chi connectivity index (χ4n) is 5.57. The van der Waals surface area contributed by atoms with Crippen molar-refractivity contribution in [3.05, 3.63) is 11.6 Å². The van der Waals surface area contributed by atoms with Crippen molar-refractivity contribution in [1.82, 2.24) is 9.80 Å². The molecule has 134 valence electrons. The van der Waals surface area contributed by atoms with Crippen molar-refractivity contribution >= 4 is 5.97 Å². The Kier molecular flexibility index (Phi) is 4.24. The SMILES string of the molecule is C[C@H]1CCC[C@]2(C)C[C@H]3OC(=O)C(CN4CCN(C)CC4)[C@H]3C=C12. The Balaban J connectivity index is 1.53. The van der Waals surface area contributed by atoms with Gasteiger partial charge in [0.1, 0.15) is 6.10 Å². The third-order valence-electron chi connectivity index (χ3n) is 7.13. The van der Waals surface area contributed by atoms with Crippen molar-refractivity contribution in [3.63, 3.8) is 0 Å². The molecule has 5 atom stereocenters. The van der Waals surface area contributed by atoms with Gasteiger partial charge in [0.25, 0.3) is 0 Å². The van der Waals surface area contributed by atoms with Crippen LogP contribution in [0.3, 0.4) is 0 Å². The summed E-state index contributed by atoms with van der Waals surface area (Å²) in [6.45, 7) is 9.99. The van der Waals surface area contributed by atoms with Gasteiger partial charge in [0.2, 0.25) is 0 Å². The van der Waals surface area contributed by atoms with Crippen LogP contribution in [0.15, 0.2) is 11.6 Å². The van der Waals surface area contributed by atoms with E-state index in [0.29, 0.717) is 11.8 Å². The maximum Gasteiger partial charge on any atom is 0.311 e. The molecule has 3 fully saturated rings. The normalized spacial score (nSPS) is 43.8. The Morgan fingerprint density at radius 1 is 1.29 bits per heavy atom. The molecule has 0 spiro atoms. The van der Waals surface area contributed by atoms with Gasteiger partial charge in [-0.25, -0.2) is 0 Å². The molecule has 0 bridgehead atoms. The molecule has 4 heteroatoms. The molecule has 0 N–H and O–H groups in total. The first kappa shape index (κ1) is 16.6. The second kappa shape index (κ2) is 6.14. The van der Waals surface area contributed by atoms with Gasteiger partial charge >= 0.3 is 5.97 Å². The number of carbonyl (C=O) groups excluding carboxylic acids is 1. The van der Waals surface area contributed by atoms with Crippen LogP contribution in [-0.4, -0.2) is 61.6 Å². The van der Waals surface area contributed by atoms with Crippen LogP contribution in [0.5, 0.6) is 0 Å². The Bertz CT molecular complexity index is 538. The molecule has 0 aromatic rings. The van der Waals surface area contributed by atoms with E-state index in [-0.39, 0.29) is 23.4 Å². The molecule has 4 rings (SSSR count). The van der Waals surface area contributed by atoms with Crippen molar-refractivity contribution in [2.24, 2.45) is 23.2 Å². The predicted octanol–water partition coefficient (Wildman–Crippen LogP) is 2.55. The number of carbonyl (C=O) groups is 1. The van der Waals surface area contributed by atoms with Gasteiger partial charge < -0.3 is 9.64 Å². The molecule has 2 aliphatic heterocycles. The molecular weight excluding hydrogens is 300 g/mol. The fourth-order valence-corrected chi connectivity index (χ4v) is 5.57. The second-order valence-electron chi connectivity index (χ2n) is 8.94. The molecule has 2 saturated heterocycles. The van der Waals surface area contributed by atoms with Gasteiger partial charge in [0.15, 0.2) is 0 Å². The highest BCUT2D eigenvalue weighted by Crippen LogP contribution is 2.53. The smallest absolute Gasteiger partial charge is 0.311 e. The Morgan fingerprint density at radius 3 is 2.79 bits per heavy atom. The van der Waals surface area contributed by atoms with Crippen LogP contribution in [0.25, 0.3) is 0 Å². The lowest BCUT2D eigenvalue weighted by Crippen LogP contribution is -2.47. The van der Waals surface area contributed by atoms with Crippen LogP contribution < -0.4 is 0 Å². The quantitative estimate of drug-likeness (QED) is 0.575. The Labute approximate surface area is 146 Å². The predicted molar refractivity (Wildman–Crippen MR) is 94.6 cm³/mol. The lowest BCUT2D eigenvalue weighted by molar-refractivity contribution is -0.145. The minimum absolute atomic E-state index is 0.0459. The van der Waals surface area contributed by atoms with E-state index in [9.17, 15) is 4.79 Å². The van der Waals surface area contributed by atoms with E-state index in [1.165, 1.54) is 19.3 Å². The van der Waals surface area contributed by atoms with E-state index in [4.69, 9.17) is 4.74 Å². The van der Waals surface area contributed by atoms with Crippen molar-refractivity contribution < 1.29 is 9.53 Å². The van der Waals surface area contributed by atoms with Crippen molar-refractivity contribution in [2.45, 2.75) is 45.6 Å². The third kappa shape index (κ3) is 2.82. The minimum atomic E-state index is 0.0459. The number of nitrogens with zero attached hydrogens (tertiary/aromatic N) is 2. The molecule has 4 aliphatic rings. The van der Waals surface area contributed by atoms with E-state index in [1.807, 2.05) is 0 Å². The lowest BCUT2D eigenvalue weighted by atomic mass is 9.59. The van der Waals surface area contributed by atoms with Crippen LogP contribution in [0.2, 0.25) is 0 Å². The van der Waals surface area contributed by atoms with Crippen LogP contribution in [0.1, 0.15) is 39.5 Å². The topological polar surface area (TPSA) is 32.8 Å². The van der Waals surface area contributed by atoms with Gasteiger partial charge in [-0.2, -0.15) is 0 Å². The summed E-state index contributed by atoms with van der Waals surface area (Å²) in [6, 6.07) is 0. The zero-order valence-corrected chi connectivity index (χ0v) is 15.5. The molecular formula is C20H32N2O2. The Hall–Kier alpha value is -0.870. The minimum Gasteiger partial charge on any atom is -0.461 e. The van der Waals surface area contributed by atoms with Gasteiger partial charge in [-0.05, 0) is 37.6 Å². The summed E-state index contributed by atoms with van der Waals surface area (Å²) in [5, 5.41) is 0. The van der Waals surface area contributed by atoms with Gasteiger partial charge in [0.05, 0.1) is 5.92 Å². The zero-order valence-electron chi connectivity index (χ0n) is 15.5. The average Bonchev–Trinajstić information content (AvgIpc) is 2.82. The summed E-state index contributed by atoms with van der Waals surface area (Å²) in [4.78, 5) is 17.4. The maximum atomic E-state index is 12.6. The maximum absolute atomic E-state index is 12.6. The third-order valence-corrected chi connectivity index (χ3v) is 7.13. The zero-order chi connectivity index (χ0) is 16.9. The monoisotopic (exact) mass is 332 g/mol. The number of rotatable bonds is 2. The van der Waals surface area contributed by atoms with E-state index in [1.54, 1.807) is 5.57 Å². The fraction of sp³-hybridized carbons (Fsp3) is 0.850. The van der Waals surface area contributed by atoms with Crippen LogP contribution in [0.4, 0.5) is 0 Å². The van der Waals surface area contributed by atoms with Crippen LogP contribution in [0, 0.1) is 23.2 Å². The highest BCUT2D eigenvalue weighted by molar-refractivity contribution is 5.76. The molecule has 1 unspecified atom stereocenters. The van der Waals surface area contributed by atoms with Gasteiger partial charge in [-0.3, -0.25) is 9.69 Å². The molecule has 0 radical (unpaired) electrons. The number of hydrogen-bond donors (Lipinski definition) is 0. The lowest BCUT2D eigenvalue weighted by Gasteiger charge is -2.46.